The van der Waals surface area contributed by atoms with E-state index in [2.05, 4.69) is 40.1 Å². The highest BCUT2D eigenvalue weighted by Crippen LogP contribution is 2.48. The van der Waals surface area contributed by atoms with Crippen LogP contribution >= 0.6 is 24.8 Å². The van der Waals surface area contributed by atoms with Crippen LogP contribution in [0.1, 0.15) is 64.2 Å². The van der Waals surface area contributed by atoms with Gasteiger partial charge in [-0.25, -0.2) is 0 Å². The van der Waals surface area contributed by atoms with Crippen LogP contribution in [0.4, 0.5) is 5.69 Å². The molecule has 2 heterocycles. The monoisotopic (exact) mass is 440 g/mol. The second-order valence-corrected chi connectivity index (χ2v) is 9.65. The molecular weight excluding hydrogens is 403 g/mol. The van der Waals surface area contributed by atoms with Crippen molar-refractivity contribution in [2.75, 3.05) is 24.5 Å². The number of fused-ring (bicyclic) bond motifs is 1. The summed E-state index contributed by atoms with van der Waals surface area (Å²) >= 11 is 0. The van der Waals surface area contributed by atoms with Gasteiger partial charge >= 0.3 is 0 Å². The van der Waals surface area contributed by atoms with Crippen LogP contribution in [-0.4, -0.2) is 47.3 Å². The van der Waals surface area contributed by atoms with Crippen molar-refractivity contribution in [1.82, 2.24) is 4.90 Å². The molecule has 2 aliphatic heterocycles. The first-order valence-electron chi connectivity index (χ1n) is 11.5. The zero-order valence-corrected chi connectivity index (χ0v) is 19.2. The zero-order chi connectivity index (χ0) is 18.3. The molecule has 0 aromatic heterocycles. The summed E-state index contributed by atoms with van der Waals surface area (Å²) < 4.78 is 0. The number of likely N-dealkylation sites (tertiary alicyclic amines) is 1. The van der Waals surface area contributed by atoms with Gasteiger partial charge in [0, 0.05) is 31.4 Å². The largest absolute Gasteiger partial charge is 0.391 e. The first kappa shape index (κ1) is 23.2. The van der Waals surface area contributed by atoms with Gasteiger partial charge in [0.2, 0.25) is 0 Å². The highest BCUT2D eigenvalue weighted by Gasteiger charge is 2.52. The van der Waals surface area contributed by atoms with Gasteiger partial charge in [0.25, 0.3) is 0 Å². The molecule has 4 aliphatic rings. The highest BCUT2D eigenvalue weighted by molar-refractivity contribution is 5.85. The fourth-order valence-electron chi connectivity index (χ4n) is 6.86. The van der Waals surface area contributed by atoms with Gasteiger partial charge in [-0.1, -0.05) is 50.3 Å². The van der Waals surface area contributed by atoms with Gasteiger partial charge in [0.15, 0.2) is 0 Å². The topological polar surface area (TPSA) is 26.7 Å². The number of nitrogens with zero attached hydrogens (tertiary/aromatic N) is 2. The third-order valence-electron chi connectivity index (χ3n) is 8.49. The smallest absolute Gasteiger partial charge is 0.0789 e. The molecule has 0 radical (unpaired) electrons. The number of halogens is 2. The molecule has 5 heteroatoms. The number of hydrogen-bond acceptors (Lipinski definition) is 3. The lowest BCUT2D eigenvalue weighted by Crippen LogP contribution is -2.62. The average molecular weight is 441 g/mol. The van der Waals surface area contributed by atoms with Crippen molar-refractivity contribution < 1.29 is 5.11 Å². The lowest BCUT2D eigenvalue weighted by atomic mass is 9.63. The molecule has 164 valence electrons. The molecule has 2 saturated heterocycles. The number of piperidine rings is 1. The second-order valence-electron chi connectivity index (χ2n) is 9.65. The predicted molar refractivity (Wildman–Crippen MR) is 126 cm³/mol. The van der Waals surface area contributed by atoms with Crippen molar-refractivity contribution in [3.05, 3.63) is 30.3 Å². The van der Waals surface area contributed by atoms with Gasteiger partial charge in [-0.05, 0) is 56.1 Å². The van der Waals surface area contributed by atoms with Gasteiger partial charge in [-0.3, -0.25) is 4.90 Å². The molecule has 4 atom stereocenters. The molecular formula is C24H38Cl2N2O. The molecule has 4 unspecified atom stereocenters. The van der Waals surface area contributed by atoms with Gasteiger partial charge in [-0.2, -0.15) is 0 Å². The molecule has 2 aliphatic carbocycles. The molecule has 29 heavy (non-hydrogen) atoms. The van der Waals surface area contributed by atoms with Crippen LogP contribution in [0.25, 0.3) is 0 Å². The van der Waals surface area contributed by atoms with Crippen molar-refractivity contribution in [1.29, 1.82) is 0 Å². The summed E-state index contributed by atoms with van der Waals surface area (Å²) in [5.41, 5.74) is 1.27. The van der Waals surface area contributed by atoms with Gasteiger partial charge < -0.3 is 10.0 Å². The van der Waals surface area contributed by atoms with E-state index in [9.17, 15) is 5.11 Å². The Morgan fingerprint density at radius 2 is 1.52 bits per heavy atom. The van der Waals surface area contributed by atoms with E-state index in [0.29, 0.717) is 0 Å². The summed E-state index contributed by atoms with van der Waals surface area (Å²) in [6.45, 7) is 3.35. The molecule has 5 rings (SSSR count). The average Bonchev–Trinajstić information content (AvgIpc) is 2.99. The maximum Gasteiger partial charge on any atom is 0.0789 e. The SMILES string of the molecule is Cl.Cl.OC1CCN(c2ccccc2)C12CCN(C1CC3CCCCCCC31)CC2. The van der Waals surface area contributed by atoms with Crippen LogP contribution in [0, 0.1) is 11.8 Å². The third kappa shape index (κ3) is 4.18. The number of aliphatic hydroxyl groups is 1. The van der Waals surface area contributed by atoms with Crippen molar-refractivity contribution in [2.45, 2.75) is 81.9 Å². The molecule has 1 spiro atoms. The fraction of sp³-hybridized carbons (Fsp3) is 0.750. The second kappa shape index (κ2) is 9.77. The van der Waals surface area contributed by atoms with E-state index in [-0.39, 0.29) is 36.5 Å². The Kier molecular flexibility index (Phi) is 7.81. The summed E-state index contributed by atoms with van der Waals surface area (Å²) in [5.74, 6) is 1.99. The fourth-order valence-corrected chi connectivity index (χ4v) is 6.86. The molecule has 0 bridgehead atoms. The standard InChI is InChI=1S/C24H36N2O.2ClH/c27-23-12-15-26(20-9-5-3-6-10-20)24(23)13-16-25(17-14-24)22-18-19-8-4-1-2-7-11-21(19)22;;/h3,5-6,9-10,19,21-23,27H,1-2,4,7-8,11-18H2;2*1H. The van der Waals surface area contributed by atoms with Crippen molar-refractivity contribution in [3.63, 3.8) is 0 Å². The lowest BCUT2D eigenvalue weighted by molar-refractivity contribution is -0.0408. The molecule has 1 aromatic carbocycles. The Balaban J connectivity index is 0.00000120. The number of aliphatic hydroxyl groups excluding tert-OH is 1. The predicted octanol–water partition coefficient (Wildman–Crippen LogP) is 5.29. The molecule has 2 saturated carbocycles. The van der Waals surface area contributed by atoms with Gasteiger partial charge in [-0.15, -0.1) is 24.8 Å². The highest BCUT2D eigenvalue weighted by atomic mass is 35.5. The van der Waals surface area contributed by atoms with Crippen molar-refractivity contribution >= 4 is 30.5 Å². The Bertz CT molecular complexity index is 635. The van der Waals surface area contributed by atoms with Crippen LogP contribution in [0.15, 0.2) is 30.3 Å². The van der Waals surface area contributed by atoms with Crippen LogP contribution in [0.2, 0.25) is 0 Å². The minimum absolute atomic E-state index is 0. The molecule has 0 amide bonds. The summed E-state index contributed by atoms with van der Waals surface area (Å²) in [6, 6.07) is 11.6. The van der Waals surface area contributed by atoms with E-state index in [1.54, 1.807) is 0 Å². The van der Waals surface area contributed by atoms with Crippen molar-refractivity contribution in [3.8, 4) is 0 Å². The summed E-state index contributed by atoms with van der Waals surface area (Å²) in [4.78, 5) is 5.34. The van der Waals surface area contributed by atoms with E-state index in [1.165, 1.54) is 63.7 Å². The van der Waals surface area contributed by atoms with Gasteiger partial charge in [0.1, 0.15) is 0 Å². The molecule has 1 N–H and O–H groups in total. The normalized spacial score (nSPS) is 34.2. The first-order valence-corrected chi connectivity index (χ1v) is 11.5. The Labute approximate surface area is 189 Å². The van der Waals surface area contributed by atoms with Crippen LogP contribution in [0.5, 0.6) is 0 Å². The molecule has 3 nitrogen and oxygen atoms in total. The third-order valence-corrected chi connectivity index (χ3v) is 8.49. The van der Waals surface area contributed by atoms with E-state index in [4.69, 9.17) is 0 Å². The minimum atomic E-state index is -0.171. The quantitative estimate of drug-likeness (QED) is 0.675. The molecule has 4 fully saturated rings. The number of para-hydroxylation sites is 1. The first-order chi connectivity index (χ1) is 13.3. The van der Waals surface area contributed by atoms with E-state index >= 15 is 0 Å². The maximum absolute atomic E-state index is 10.9. The summed E-state index contributed by atoms with van der Waals surface area (Å²) in [7, 11) is 0. The number of hydrogen-bond donors (Lipinski definition) is 1. The number of anilines is 1. The number of benzene rings is 1. The minimum Gasteiger partial charge on any atom is -0.391 e. The molecule has 1 aromatic rings. The Hall–Kier alpha value is -0.480. The Morgan fingerprint density at radius 3 is 2.24 bits per heavy atom. The van der Waals surface area contributed by atoms with E-state index in [1.807, 2.05) is 0 Å². The van der Waals surface area contributed by atoms with E-state index in [0.717, 1.165) is 43.7 Å². The van der Waals surface area contributed by atoms with E-state index < -0.39 is 0 Å². The zero-order valence-electron chi connectivity index (χ0n) is 17.5. The summed E-state index contributed by atoms with van der Waals surface area (Å²) in [5, 5.41) is 10.9. The summed E-state index contributed by atoms with van der Waals surface area (Å²) in [6.07, 6.45) is 13.2. The number of rotatable bonds is 2. The van der Waals surface area contributed by atoms with Crippen LogP contribution < -0.4 is 4.90 Å². The Morgan fingerprint density at radius 1 is 0.828 bits per heavy atom. The van der Waals surface area contributed by atoms with Crippen LogP contribution in [-0.2, 0) is 0 Å². The maximum atomic E-state index is 10.9. The van der Waals surface area contributed by atoms with Crippen LogP contribution in [0.3, 0.4) is 0 Å². The van der Waals surface area contributed by atoms with Crippen molar-refractivity contribution in [2.24, 2.45) is 11.8 Å². The lowest BCUT2D eigenvalue weighted by Gasteiger charge is -2.55. The van der Waals surface area contributed by atoms with Gasteiger partial charge in [0.05, 0.1) is 11.6 Å².